The number of halogens is 1. The van der Waals surface area contributed by atoms with E-state index in [1.807, 2.05) is 57.2 Å². The number of aryl methyl sites for hydroxylation is 2. The van der Waals surface area contributed by atoms with E-state index >= 15 is 0 Å². The fourth-order valence-corrected chi connectivity index (χ4v) is 5.41. The van der Waals surface area contributed by atoms with Gasteiger partial charge in [0, 0.05) is 25.1 Å². The Bertz CT molecular complexity index is 1390. The largest absolute Gasteiger partial charge is 0.354 e. The molecule has 1 N–H and O–H groups in total. The first kappa shape index (κ1) is 30.8. The average molecular weight is 568 g/mol. The van der Waals surface area contributed by atoms with Crippen molar-refractivity contribution in [1.29, 1.82) is 0 Å². The van der Waals surface area contributed by atoms with Crippen LogP contribution in [0, 0.1) is 19.7 Å². The van der Waals surface area contributed by atoms with Gasteiger partial charge in [0.05, 0.1) is 11.9 Å². The Morgan fingerprint density at radius 2 is 1.57 bits per heavy atom. The lowest BCUT2D eigenvalue weighted by molar-refractivity contribution is -0.140. The molecule has 0 bridgehead atoms. The molecule has 3 rings (SSSR count). The predicted molar refractivity (Wildman–Crippen MR) is 157 cm³/mol. The molecule has 0 aliphatic carbocycles. The topological polar surface area (TPSA) is 86.8 Å². The molecular weight excluding hydrogens is 529 g/mol. The van der Waals surface area contributed by atoms with Gasteiger partial charge in [-0.2, -0.15) is 0 Å². The van der Waals surface area contributed by atoms with Crippen molar-refractivity contribution in [3.05, 3.63) is 101 Å². The number of sulfonamides is 1. The molecule has 0 aliphatic rings. The second kappa shape index (κ2) is 14.1. The highest BCUT2D eigenvalue weighted by molar-refractivity contribution is 7.92. The van der Waals surface area contributed by atoms with Gasteiger partial charge in [-0.25, -0.2) is 12.8 Å². The summed E-state index contributed by atoms with van der Waals surface area (Å²) in [6, 6.07) is 19.6. The van der Waals surface area contributed by atoms with Crippen molar-refractivity contribution in [2.45, 2.75) is 52.6 Å². The number of rotatable bonds is 13. The minimum absolute atomic E-state index is 0.182. The number of carbonyl (C=O) groups excluding carboxylic acids is 2. The monoisotopic (exact) mass is 567 g/mol. The minimum Gasteiger partial charge on any atom is -0.354 e. The highest BCUT2D eigenvalue weighted by Crippen LogP contribution is 2.23. The molecule has 1 atom stereocenters. The van der Waals surface area contributed by atoms with Gasteiger partial charge in [-0.05, 0) is 55.2 Å². The van der Waals surface area contributed by atoms with Gasteiger partial charge in [0.1, 0.15) is 18.4 Å². The summed E-state index contributed by atoms with van der Waals surface area (Å²) in [5.41, 5.74) is 3.09. The number of unbranched alkanes of at least 4 members (excludes halogenated alkanes) is 1. The summed E-state index contributed by atoms with van der Waals surface area (Å²) < 4.78 is 41.7. The van der Waals surface area contributed by atoms with Gasteiger partial charge in [-0.3, -0.25) is 13.9 Å². The Morgan fingerprint density at radius 1 is 0.950 bits per heavy atom. The van der Waals surface area contributed by atoms with Crippen LogP contribution >= 0.6 is 0 Å². The summed E-state index contributed by atoms with van der Waals surface area (Å²) >= 11 is 0. The highest BCUT2D eigenvalue weighted by Gasteiger charge is 2.33. The van der Waals surface area contributed by atoms with Gasteiger partial charge in [-0.1, -0.05) is 67.9 Å². The van der Waals surface area contributed by atoms with E-state index in [0.29, 0.717) is 12.2 Å². The van der Waals surface area contributed by atoms with Crippen LogP contribution in [0.15, 0.2) is 72.8 Å². The van der Waals surface area contributed by atoms with Crippen molar-refractivity contribution >= 4 is 27.5 Å². The minimum atomic E-state index is -3.87. The lowest BCUT2D eigenvalue weighted by atomic mass is 10.0. The van der Waals surface area contributed by atoms with E-state index in [4.69, 9.17) is 0 Å². The van der Waals surface area contributed by atoms with Gasteiger partial charge in [-0.15, -0.1) is 0 Å². The summed E-state index contributed by atoms with van der Waals surface area (Å²) in [6.07, 6.45) is 2.86. The van der Waals surface area contributed by atoms with Gasteiger partial charge >= 0.3 is 0 Å². The predicted octanol–water partition coefficient (Wildman–Crippen LogP) is 4.76. The van der Waals surface area contributed by atoms with E-state index in [0.717, 1.165) is 40.1 Å². The van der Waals surface area contributed by atoms with E-state index in [1.165, 1.54) is 11.0 Å². The van der Waals surface area contributed by atoms with E-state index in [1.54, 1.807) is 30.3 Å². The number of hydrogen-bond donors (Lipinski definition) is 1. The van der Waals surface area contributed by atoms with Gasteiger partial charge in [0.2, 0.25) is 21.8 Å². The van der Waals surface area contributed by atoms with Gasteiger partial charge in [0.25, 0.3) is 0 Å². The Kier molecular flexibility index (Phi) is 10.8. The van der Waals surface area contributed by atoms with Crippen LogP contribution in [-0.2, 0) is 32.6 Å². The molecule has 9 heteroatoms. The zero-order chi connectivity index (χ0) is 29.3. The summed E-state index contributed by atoms with van der Waals surface area (Å²) in [4.78, 5) is 28.9. The Balaban J connectivity index is 2.06. The molecule has 7 nitrogen and oxygen atoms in total. The maximum Gasteiger partial charge on any atom is 0.244 e. The second-order valence-corrected chi connectivity index (χ2v) is 12.0. The SMILES string of the molecule is CCCCNC(=O)C(Cc1ccccc1)N(Cc1ccccc1F)C(=O)CN(c1cc(C)cc(C)c1)S(C)(=O)=O. The first-order valence-electron chi connectivity index (χ1n) is 13.4. The highest BCUT2D eigenvalue weighted by atomic mass is 32.2. The summed E-state index contributed by atoms with van der Waals surface area (Å²) in [7, 11) is -3.87. The maximum atomic E-state index is 14.8. The van der Waals surface area contributed by atoms with Crippen molar-refractivity contribution in [2.24, 2.45) is 0 Å². The molecule has 0 aliphatic heterocycles. The summed E-state index contributed by atoms with van der Waals surface area (Å²) in [5, 5.41) is 2.91. The molecule has 0 fully saturated rings. The van der Waals surface area contributed by atoms with E-state index in [2.05, 4.69) is 5.32 Å². The third-order valence-corrected chi connectivity index (χ3v) is 7.71. The lowest BCUT2D eigenvalue weighted by Gasteiger charge is -2.33. The van der Waals surface area contributed by atoms with Crippen LogP contribution < -0.4 is 9.62 Å². The maximum absolute atomic E-state index is 14.8. The van der Waals surface area contributed by atoms with Crippen LogP contribution in [0.4, 0.5) is 10.1 Å². The number of nitrogens with zero attached hydrogens (tertiary/aromatic N) is 2. The molecule has 0 spiro atoms. The summed E-state index contributed by atoms with van der Waals surface area (Å²) in [5.74, 6) is -1.50. The van der Waals surface area contributed by atoms with Crippen LogP contribution in [0.1, 0.15) is 42.0 Å². The van der Waals surface area contributed by atoms with Crippen molar-refractivity contribution in [2.75, 3.05) is 23.7 Å². The second-order valence-electron chi connectivity index (χ2n) is 10.1. The van der Waals surface area contributed by atoms with Crippen LogP contribution in [0.5, 0.6) is 0 Å². The molecule has 40 heavy (non-hydrogen) atoms. The van der Waals surface area contributed by atoms with E-state index in [9.17, 15) is 22.4 Å². The zero-order valence-electron chi connectivity index (χ0n) is 23.6. The number of carbonyl (C=O) groups is 2. The Hall–Kier alpha value is -3.72. The van der Waals surface area contributed by atoms with Crippen LogP contribution in [0.25, 0.3) is 0 Å². The van der Waals surface area contributed by atoms with Crippen molar-refractivity contribution in [3.63, 3.8) is 0 Å². The molecule has 0 heterocycles. The number of nitrogens with one attached hydrogen (secondary N) is 1. The number of hydrogen-bond acceptors (Lipinski definition) is 4. The Morgan fingerprint density at radius 3 is 2.17 bits per heavy atom. The van der Waals surface area contributed by atoms with Crippen molar-refractivity contribution in [1.82, 2.24) is 10.2 Å². The van der Waals surface area contributed by atoms with Crippen molar-refractivity contribution < 1.29 is 22.4 Å². The molecule has 0 radical (unpaired) electrons. The van der Waals surface area contributed by atoms with E-state index < -0.39 is 34.3 Å². The van der Waals surface area contributed by atoms with E-state index in [-0.39, 0.29) is 24.4 Å². The molecule has 214 valence electrons. The standard InChI is InChI=1S/C31H38FN3O4S/c1-5-6-16-33-31(37)29(20-25-12-8-7-9-13-25)34(21-26-14-10-11-15-28(26)32)30(36)22-35(40(4,38)39)27-18-23(2)17-24(3)19-27/h7-15,17-19,29H,5-6,16,20-22H2,1-4H3,(H,33,37). The van der Waals surface area contributed by atoms with Gasteiger partial charge in [0.15, 0.2) is 0 Å². The first-order chi connectivity index (χ1) is 19.0. The third kappa shape index (κ3) is 8.64. The number of benzene rings is 3. The van der Waals surface area contributed by atoms with Crippen LogP contribution in [0.2, 0.25) is 0 Å². The normalized spacial score (nSPS) is 12.0. The van der Waals surface area contributed by atoms with Gasteiger partial charge < -0.3 is 10.2 Å². The molecule has 1 unspecified atom stereocenters. The quantitative estimate of drug-likeness (QED) is 0.302. The first-order valence-corrected chi connectivity index (χ1v) is 15.2. The van der Waals surface area contributed by atoms with Crippen molar-refractivity contribution in [3.8, 4) is 0 Å². The average Bonchev–Trinajstić information content (AvgIpc) is 2.89. The zero-order valence-corrected chi connectivity index (χ0v) is 24.4. The molecule has 0 saturated carbocycles. The van der Waals surface area contributed by atoms with Crippen LogP contribution in [0.3, 0.4) is 0 Å². The number of anilines is 1. The smallest absolute Gasteiger partial charge is 0.244 e. The van der Waals surface area contributed by atoms with Crippen LogP contribution in [-0.4, -0.2) is 50.5 Å². The Labute approximate surface area is 237 Å². The molecule has 3 aromatic carbocycles. The third-order valence-electron chi connectivity index (χ3n) is 6.57. The number of amides is 2. The molecule has 3 aromatic rings. The molecule has 0 saturated heterocycles. The lowest BCUT2D eigenvalue weighted by Crippen LogP contribution is -2.53. The summed E-state index contributed by atoms with van der Waals surface area (Å²) in [6.45, 7) is 5.40. The molecular formula is C31H38FN3O4S. The molecule has 2 amide bonds. The molecule has 0 aromatic heterocycles. The fourth-order valence-electron chi connectivity index (χ4n) is 4.58. The fraction of sp³-hybridized carbons (Fsp3) is 0.355.